The maximum Gasteiger partial charge on any atom is 0.317 e. The normalized spacial score (nSPS) is 21.3. The number of rotatable bonds is 16. The molecule has 16 nitrogen and oxygen atoms in total. The smallest absolute Gasteiger partial charge is 0.317 e. The molecule has 4 saturated heterocycles. The molecule has 4 aromatic heterocycles. The zero-order chi connectivity index (χ0) is 53.3. The molecule has 76 heavy (non-hydrogen) atoms. The third-order valence-electron chi connectivity index (χ3n) is 16.6. The number of fused-ring (bicyclic) bond motifs is 2. The van der Waals surface area contributed by atoms with E-state index in [1.807, 2.05) is 34.4 Å². The van der Waals surface area contributed by atoms with Crippen LogP contribution in [0.15, 0.2) is 97.6 Å². The van der Waals surface area contributed by atoms with Crippen molar-refractivity contribution in [1.82, 2.24) is 44.4 Å². The number of nitrogens with zero attached hydrogens (tertiary/aromatic N) is 10. The molecule has 8 heterocycles. The van der Waals surface area contributed by atoms with Crippen molar-refractivity contribution in [3.05, 3.63) is 109 Å². The first-order chi connectivity index (χ1) is 36.7. The van der Waals surface area contributed by atoms with Gasteiger partial charge in [-0.3, -0.25) is 9.80 Å². The van der Waals surface area contributed by atoms with Gasteiger partial charge < -0.3 is 39.7 Å². The van der Waals surface area contributed by atoms with Crippen LogP contribution in [0.3, 0.4) is 0 Å². The lowest BCUT2D eigenvalue weighted by Crippen LogP contribution is -2.56. The summed E-state index contributed by atoms with van der Waals surface area (Å²) in [7, 11) is 0. The minimum absolute atomic E-state index is 0.00859. The van der Waals surface area contributed by atoms with E-state index in [0.717, 1.165) is 96.8 Å². The number of carbonyl (C=O) groups is 2. The number of hydrogen-bond donors (Lipinski definition) is 2. The van der Waals surface area contributed by atoms with Gasteiger partial charge in [0, 0.05) is 139 Å². The summed E-state index contributed by atoms with van der Waals surface area (Å²) in [5, 5.41) is 11.1. The van der Waals surface area contributed by atoms with Gasteiger partial charge >= 0.3 is 12.1 Å². The maximum absolute atomic E-state index is 14.0. The third-order valence-corrected chi connectivity index (χ3v) is 16.6. The molecule has 406 valence electrons. The average molecular weight is 1040 g/mol. The van der Waals surface area contributed by atoms with Gasteiger partial charge in [-0.1, -0.05) is 48.5 Å². The van der Waals surface area contributed by atoms with Crippen molar-refractivity contribution in [2.75, 3.05) is 102 Å². The van der Waals surface area contributed by atoms with Crippen molar-refractivity contribution < 1.29 is 23.7 Å². The Morgan fingerprint density at radius 1 is 0.592 bits per heavy atom. The van der Waals surface area contributed by atoms with Crippen LogP contribution >= 0.6 is 0 Å². The molecule has 10 rings (SSSR count). The fraction of sp³-hybridized carbons (Fsp3) is 0.533. The molecule has 16 heteroatoms. The Kier molecular flexibility index (Phi) is 15.7. The van der Waals surface area contributed by atoms with Crippen molar-refractivity contribution in [1.29, 1.82) is 0 Å². The highest BCUT2D eigenvalue weighted by molar-refractivity contribution is 5.82. The molecule has 4 amide bonds. The summed E-state index contributed by atoms with van der Waals surface area (Å²) >= 11 is 0. The van der Waals surface area contributed by atoms with Crippen molar-refractivity contribution >= 4 is 34.5 Å². The number of amides is 4. The van der Waals surface area contributed by atoms with Crippen LogP contribution in [0.4, 0.5) is 21.0 Å². The highest BCUT2D eigenvalue weighted by Crippen LogP contribution is 2.40. The second kappa shape index (κ2) is 22.4. The summed E-state index contributed by atoms with van der Waals surface area (Å²) in [6, 6.07) is 27.6. The van der Waals surface area contributed by atoms with Crippen LogP contribution in [0.5, 0.6) is 0 Å². The molecule has 4 aliphatic heterocycles. The zero-order valence-corrected chi connectivity index (χ0v) is 46.7. The first-order valence-corrected chi connectivity index (χ1v) is 28.3. The van der Waals surface area contributed by atoms with E-state index in [1.165, 1.54) is 11.1 Å². The van der Waals surface area contributed by atoms with Crippen LogP contribution in [0.25, 0.3) is 33.3 Å². The largest absolute Gasteiger partial charge is 0.369 e. The van der Waals surface area contributed by atoms with Crippen LogP contribution in [-0.2, 0) is 27.2 Å². The van der Waals surface area contributed by atoms with E-state index >= 15 is 0 Å². The van der Waals surface area contributed by atoms with Crippen LogP contribution in [0.1, 0.15) is 86.3 Å². The van der Waals surface area contributed by atoms with Crippen molar-refractivity contribution in [3.8, 4) is 22.3 Å². The summed E-state index contributed by atoms with van der Waals surface area (Å²) in [4.78, 5) is 40.6. The fourth-order valence-electron chi connectivity index (χ4n) is 12.3. The molecule has 0 aliphatic carbocycles. The molecule has 0 saturated carbocycles. The lowest BCUT2D eigenvalue weighted by molar-refractivity contribution is -0.764. The molecular formula is C60H83N12O4+. The Morgan fingerprint density at radius 2 is 1.08 bits per heavy atom. The molecule has 0 bridgehead atoms. The summed E-state index contributed by atoms with van der Waals surface area (Å²) < 4.78 is 19.5. The van der Waals surface area contributed by atoms with E-state index in [9.17, 15) is 9.59 Å². The highest BCUT2D eigenvalue weighted by Gasteiger charge is 2.42. The number of nitrogens with one attached hydrogen (secondary N) is 2. The molecule has 2 unspecified atom stereocenters. The molecule has 4 aliphatic rings. The fourth-order valence-corrected chi connectivity index (χ4v) is 12.3. The number of likely N-dealkylation sites (tertiary alicyclic amines) is 2. The van der Waals surface area contributed by atoms with Gasteiger partial charge in [0.2, 0.25) is 0 Å². The molecule has 4 fully saturated rings. The van der Waals surface area contributed by atoms with E-state index in [1.54, 1.807) is 0 Å². The zero-order valence-electron chi connectivity index (χ0n) is 46.7. The highest BCUT2D eigenvalue weighted by atomic mass is 16.5. The maximum atomic E-state index is 14.0. The Balaban J connectivity index is 0.815. The molecule has 0 radical (unpaired) electrons. The van der Waals surface area contributed by atoms with Gasteiger partial charge in [-0.2, -0.15) is 5.10 Å². The van der Waals surface area contributed by atoms with E-state index in [2.05, 4.69) is 179 Å². The topological polar surface area (TPSA) is 122 Å². The number of ether oxygens (including phenoxy) is 2. The summed E-state index contributed by atoms with van der Waals surface area (Å²) in [5.74, 6) is 0. The van der Waals surface area contributed by atoms with Gasteiger partial charge in [0.1, 0.15) is 16.7 Å². The minimum atomic E-state index is -0.309. The summed E-state index contributed by atoms with van der Waals surface area (Å²) in [6.07, 6.45) is 10.3. The molecule has 6 aromatic rings. The number of benzene rings is 2. The molecule has 2 N–H and O–H groups in total. The van der Waals surface area contributed by atoms with E-state index in [0.29, 0.717) is 71.1 Å². The number of piperazine rings is 2. The van der Waals surface area contributed by atoms with Crippen molar-refractivity contribution in [2.45, 2.75) is 117 Å². The lowest BCUT2D eigenvalue weighted by atomic mass is 9.91. The first kappa shape index (κ1) is 53.2. The van der Waals surface area contributed by atoms with Gasteiger partial charge in [-0.15, -0.1) is 9.20 Å². The van der Waals surface area contributed by atoms with Gasteiger partial charge in [0.05, 0.1) is 29.1 Å². The standard InChI is InChI=1S/C60H82N12O4/c1-10-75-59(22-26-68(41-59)44(5)6)51-16-12-47(13-17-51)49-36-55-53(20-24-61-71(55)39-49)64-28-34-67(35-29-64)58(74)63-46(9)38-70-25-21-54(65-30-32-66(33-31-65)57(73)62-43(3)4)56-37-50(40-72(56)70)48-14-18-52(19-15-48)60(76-11-2)23-27-69(42-60)45(7)8/h12-21,24-25,36-37,39-40,43-46H,10-11,22-23,26-35,38,41-42H2,1-9H3,(H-,62,63,73,74)/p+1/t46?,59-,60?/m0/s1. The molecule has 3 atom stereocenters. The SMILES string of the molecule is CCOC1(c2ccc(-c3cc4c(N5CCN(C(=O)NC(C)C)CC5)cc[n+](CC(C)NC(=O)N5CCN(c6ccnn7cc(-c8ccc([C@]9(OCC)CCN(C(C)C)C9)cc8)cc67)CC5)n4c3)cc2)CCN(C(C)C)C1. The van der Waals surface area contributed by atoms with Gasteiger partial charge in [0.15, 0.2) is 12.7 Å². The third kappa shape index (κ3) is 10.9. The number of anilines is 2. The van der Waals surface area contributed by atoms with Gasteiger partial charge in [-0.25, -0.2) is 14.1 Å². The van der Waals surface area contributed by atoms with Crippen molar-refractivity contribution in [3.63, 3.8) is 0 Å². The van der Waals surface area contributed by atoms with Crippen LogP contribution < -0.4 is 25.1 Å². The quantitative estimate of drug-likeness (QED) is 0.0929. The van der Waals surface area contributed by atoms with E-state index < -0.39 is 0 Å². The summed E-state index contributed by atoms with van der Waals surface area (Å²) in [6.45, 7) is 30.5. The number of aromatic nitrogens is 4. The number of hydrogen-bond acceptors (Lipinski definition) is 9. The number of carbonyl (C=O) groups excluding carboxylic acids is 2. The second-order valence-electron chi connectivity index (χ2n) is 22.6. The van der Waals surface area contributed by atoms with E-state index in [4.69, 9.17) is 14.6 Å². The van der Waals surface area contributed by atoms with Crippen LogP contribution in [-0.4, -0.2) is 162 Å². The van der Waals surface area contributed by atoms with Gasteiger partial charge in [-0.05, 0) is 116 Å². The Hall–Kier alpha value is -6.20. The molecule has 0 spiro atoms. The van der Waals surface area contributed by atoms with Crippen LogP contribution in [0, 0.1) is 0 Å². The minimum Gasteiger partial charge on any atom is -0.369 e. The summed E-state index contributed by atoms with van der Waals surface area (Å²) in [5.41, 5.74) is 10.8. The Bertz CT molecular complexity index is 2950. The first-order valence-electron chi connectivity index (χ1n) is 28.3. The van der Waals surface area contributed by atoms with Gasteiger partial charge in [0.25, 0.3) is 0 Å². The Morgan fingerprint density at radius 3 is 1.57 bits per heavy atom. The lowest BCUT2D eigenvalue weighted by Gasteiger charge is -2.36. The predicted octanol–water partition coefficient (Wildman–Crippen LogP) is 8.06. The molecule has 2 aromatic carbocycles. The monoisotopic (exact) mass is 1040 g/mol. The average Bonchev–Trinajstić information content (AvgIpc) is 4.26. The predicted molar refractivity (Wildman–Crippen MR) is 302 cm³/mol. The molecular weight excluding hydrogens is 953 g/mol. The van der Waals surface area contributed by atoms with Crippen LogP contribution in [0.2, 0.25) is 0 Å². The van der Waals surface area contributed by atoms with Crippen molar-refractivity contribution in [2.24, 2.45) is 0 Å². The Labute approximate surface area is 450 Å². The number of urea groups is 2. The van der Waals surface area contributed by atoms with E-state index in [-0.39, 0.29) is 35.3 Å². The second-order valence-corrected chi connectivity index (χ2v) is 22.6.